The largest absolute Gasteiger partial charge is 0.494 e. The molecule has 0 aromatic heterocycles. The van der Waals surface area contributed by atoms with Crippen molar-refractivity contribution in [1.82, 2.24) is 0 Å². The van der Waals surface area contributed by atoms with E-state index in [1.165, 1.54) is 12.1 Å². The third-order valence-electron chi connectivity index (χ3n) is 2.46. The fourth-order valence-corrected chi connectivity index (χ4v) is 2.17. The van der Waals surface area contributed by atoms with Crippen LogP contribution in [0.25, 0.3) is 0 Å². The van der Waals surface area contributed by atoms with Gasteiger partial charge in [0.1, 0.15) is 23.9 Å². The molecule has 2 nitrogen and oxygen atoms in total. The van der Waals surface area contributed by atoms with E-state index in [9.17, 15) is 4.39 Å². The minimum absolute atomic E-state index is 0.278. The zero-order valence-corrected chi connectivity index (χ0v) is 12.1. The first-order valence-electron chi connectivity index (χ1n) is 5.98. The molecule has 2 rings (SSSR count). The highest BCUT2D eigenvalue weighted by Gasteiger charge is 2.01. The summed E-state index contributed by atoms with van der Waals surface area (Å²) in [7, 11) is 0. The fraction of sp³-hybridized carbons (Fsp3) is 0.200. The molecule has 0 saturated heterocycles. The molecule has 2 aromatic carbocycles. The fourth-order valence-electron chi connectivity index (χ4n) is 1.66. The van der Waals surface area contributed by atoms with E-state index in [4.69, 9.17) is 9.47 Å². The standard InChI is InChI=1S/C15H14BrFO2/c1-2-18-14-3-5-15(6-4-14)19-10-11-7-12(16)9-13(17)8-11/h3-9H,2,10H2,1H3. The van der Waals surface area contributed by atoms with Gasteiger partial charge in [0.2, 0.25) is 0 Å². The van der Waals surface area contributed by atoms with Gasteiger partial charge in [-0.15, -0.1) is 0 Å². The topological polar surface area (TPSA) is 18.5 Å². The second-order valence-corrected chi connectivity index (χ2v) is 4.89. The van der Waals surface area contributed by atoms with Crippen molar-refractivity contribution in [2.24, 2.45) is 0 Å². The summed E-state index contributed by atoms with van der Waals surface area (Å²) in [6.45, 7) is 2.90. The molecular weight excluding hydrogens is 311 g/mol. The molecule has 0 bridgehead atoms. The molecule has 0 spiro atoms. The van der Waals surface area contributed by atoms with Gasteiger partial charge in [0.15, 0.2) is 0 Å². The molecule has 0 aliphatic heterocycles. The summed E-state index contributed by atoms with van der Waals surface area (Å²) in [5.74, 6) is 1.26. The monoisotopic (exact) mass is 324 g/mol. The van der Waals surface area contributed by atoms with E-state index in [-0.39, 0.29) is 5.82 Å². The Balaban J connectivity index is 1.98. The van der Waals surface area contributed by atoms with Crippen molar-refractivity contribution in [3.8, 4) is 11.5 Å². The van der Waals surface area contributed by atoms with Crippen molar-refractivity contribution in [3.05, 3.63) is 58.3 Å². The highest BCUT2D eigenvalue weighted by Crippen LogP contribution is 2.20. The van der Waals surface area contributed by atoms with Gasteiger partial charge in [0, 0.05) is 4.47 Å². The van der Waals surface area contributed by atoms with Crippen molar-refractivity contribution in [2.75, 3.05) is 6.61 Å². The second-order valence-electron chi connectivity index (χ2n) is 3.97. The van der Waals surface area contributed by atoms with E-state index < -0.39 is 0 Å². The first-order chi connectivity index (χ1) is 9.17. The maximum Gasteiger partial charge on any atom is 0.124 e. The molecule has 0 radical (unpaired) electrons. The van der Waals surface area contributed by atoms with Gasteiger partial charge in [0.25, 0.3) is 0 Å². The maximum absolute atomic E-state index is 13.2. The lowest BCUT2D eigenvalue weighted by atomic mass is 10.2. The van der Waals surface area contributed by atoms with Gasteiger partial charge < -0.3 is 9.47 Å². The van der Waals surface area contributed by atoms with Crippen LogP contribution in [0.1, 0.15) is 12.5 Å². The van der Waals surface area contributed by atoms with Gasteiger partial charge in [-0.25, -0.2) is 4.39 Å². The van der Waals surface area contributed by atoms with Crippen LogP contribution in [0, 0.1) is 5.82 Å². The molecule has 0 saturated carbocycles. The summed E-state index contributed by atoms with van der Waals surface area (Å²) in [5, 5.41) is 0. The Morgan fingerprint density at radius 1 is 1.00 bits per heavy atom. The van der Waals surface area contributed by atoms with Crippen molar-refractivity contribution in [3.63, 3.8) is 0 Å². The van der Waals surface area contributed by atoms with Crippen LogP contribution in [0.4, 0.5) is 4.39 Å². The van der Waals surface area contributed by atoms with Crippen LogP contribution in [0.3, 0.4) is 0 Å². The Labute approximate surface area is 120 Å². The van der Waals surface area contributed by atoms with E-state index in [1.807, 2.05) is 37.3 Å². The Bertz CT molecular complexity index is 520. The predicted octanol–water partition coefficient (Wildman–Crippen LogP) is 4.57. The highest BCUT2D eigenvalue weighted by molar-refractivity contribution is 9.10. The summed E-state index contributed by atoms with van der Waals surface area (Å²) < 4.78 is 24.8. The summed E-state index contributed by atoms with van der Waals surface area (Å²) in [6, 6.07) is 12.1. The first kappa shape index (κ1) is 13.9. The summed E-state index contributed by atoms with van der Waals surface area (Å²) in [6.07, 6.45) is 0. The number of halogens is 2. The van der Waals surface area contributed by atoms with Crippen LogP contribution < -0.4 is 9.47 Å². The van der Waals surface area contributed by atoms with Gasteiger partial charge in [-0.2, -0.15) is 0 Å². The third-order valence-corrected chi connectivity index (χ3v) is 2.92. The molecule has 0 aliphatic carbocycles. The minimum Gasteiger partial charge on any atom is -0.494 e. The molecule has 0 amide bonds. The third kappa shape index (κ3) is 4.24. The Hall–Kier alpha value is -1.55. The molecule has 0 unspecified atom stereocenters. The summed E-state index contributed by atoms with van der Waals surface area (Å²) >= 11 is 3.25. The molecular formula is C15H14BrFO2. The van der Waals surface area contributed by atoms with Crippen LogP contribution >= 0.6 is 15.9 Å². The van der Waals surface area contributed by atoms with Crippen LogP contribution in [0.15, 0.2) is 46.9 Å². The molecule has 0 aliphatic rings. The number of ether oxygens (including phenoxy) is 2. The molecule has 2 aromatic rings. The van der Waals surface area contributed by atoms with E-state index in [1.54, 1.807) is 0 Å². The molecule has 0 heterocycles. The molecule has 0 N–H and O–H groups in total. The van der Waals surface area contributed by atoms with Gasteiger partial charge in [0.05, 0.1) is 6.61 Å². The van der Waals surface area contributed by atoms with Gasteiger partial charge >= 0.3 is 0 Å². The Morgan fingerprint density at radius 3 is 2.21 bits per heavy atom. The van der Waals surface area contributed by atoms with E-state index >= 15 is 0 Å². The predicted molar refractivity (Wildman–Crippen MR) is 76.0 cm³/mol. The molecule has 100 valence electrons. The van der Waals surface area contributed by atoms with Gasteiger partial charge in [-0.05, 0) is 55.0 Å². The summed E-state index contributed by atoms with van der Waals surface area (Å²) in [5.41, 5.74) is 0.778. The number of benzene rings is 2. The molecule has 19 heavy (non-hydrogen) atoms. The normalized spacial score (nSPS) is 10.3. The Kier molecular flexibility index (Phi) is 4.80. The average Bonchev–Trinajstić information content (AvgIpc) is 2.37. The highest BCUT2D eigenvalue weighted by atomic mass is 79.9. The second kappa shape index (κ2) is 6.57. The van der Waals surface area contributed by atoms with Crippen molar-refractivity contribution >= 4 is 15.9 Å². The van der Waals surface area contributed by atoms with E-state index in [0.717, 1.165) is 17.1 Å². The summed E-state index contributed by atoms with van der Waals surface area (Å²) in [4.78, 5) is 0. The van der Waals surface area contributed by atoms with Crippen molar-refractivity contribution in [1.29, 1.82) is 0 Å². The smallest absolute Gasteiger partial charge is 0.124 e. The van der Waals surface area contributed by atoms with Gasteiger partial charge in [-0.1, -0.05) is 15.9 Å². The maximum atomic E-state index is 13.2. The zero-order valence-electron chi connectivity index (χ0n) is 10.5. The SMILES string of the molecule is CCOc1ccc(OCc2cc(F)cc(Br)c2)cc1. The van der Waals surface area contributed by atoms with Crippen molar-refractivity contribution < 1.29 is 13.9 Å². The lowest BCUT2D eigenvalue weighted by Gasteiger charge is -2.08. The molecule has 0 fully saturated rings. The number of rotatable bonds is 5. The Morgan fingerprint density at radius 2 is 1.63 bits per heavy atom. The van der Waals surface area contributed by atoms with E-state index in [2.05, 4.69) is 15.9 Å². The number of hydrogen-bond donors (Lipinski definition) is 0. The quantitative estimate of drug-likeness (QED) is 0.802. The van der Waals surface area contributed by atoms with Crippen molar-refractivity contribution in [2.45, 2.75) is 13.5 Å². The first-order valence-corrected chi connectivity index (χ1v) is 6.77. The molecule has 0 atom stereocenters. The van der Waals surface area contributed by atoms with Crippen LogP contribution in [0.5, 0.6) is 11.5 Å². The minimum atomic E-state index is -0.278. The lowest BCUT2D eigenvalue weighted by molar-refractivity contribution is 0.303. The van der Waals surface area contributed by atoms with Gasteiger partial charge in [-0.3, -0.25) is 0 Å². The molecule has 4 heteroatoms. The lowest BCUT2D eigenvalue weighted by Crippen LogP contribution is -1.97. The van der Waals surface area contributed by atoms with Crippen LogP contribution in [0.2, 0.25) is 0 Å². The average molecular weight is 325 g/mol. The van der Waals surface area contributed by atoms with Crippen LogP contribution in [-0.2, 0) is 6.61 Å². The van der Waals surface area contributed by atoms with E-state index in [0.29, 0.717) is 17.7 Å². The van der Waals surface area contributed by atoms with Crippen LogP contribution in [-0.4, -0.2) is 6.61 Å². The number of hydrogen-bond acceptors (Lipinski definition) is 2. The zero-order chi connectivity index (χ0) is 13.7.